The first kappa shape index (κ1) is 45.3. The number of halogens is 1. The maximum atomic E-state index is 10.6. The second-order valence-electron chi connectivity index (χ2n) is 9.64. The predicted octanol–water partition coefficient (Wildman–Crippen LogP) is 2.41. The fourth-order valence-electron chi connectivity index (χ4n) is 3.46. The van der Waals surface area contributed by atoms with Crippen LogP contribution in [0.4, 0.5) is 5.69 Å². The summed E-state index contributed by atoms with van der Waals surface area (Å²) in [5.74, 6) is 1.05. The summed E-state index contributed by atoms with van der Waals surface area (Å²) in [6, 6.07) is 5.90. The van der Waals surface area contributed by atoms with Gasteiger partial charge in [-0.1, -0.05) is 0 Å². The molecule has 1 aromatic carbocycles. The van der Waals surface area contributed by atoms with Crippen LogP contribution in [0.3, 0.4) is 0 Å². The monoisotopic (exact) mass is 729 g/mol. The molecule has 0 radical (unpaired) electrons. The molecule has 0 aliphatic heterocycles. The van der Waals surface area contributed by atoms with Crippen molar-refractivity contribution in [1.82, 2.24) is 0 Å². The average Bonchev–Trinajstić information content (AvgIpc) is 3.11. The van der Waals surface area contributed by atoms with Gasteiger partial charge in [0.25, 0.3) is 5.69 Å². The minimum atomic E-state index is -0.453. The van der Waals surface area contributed by atoms with Gasteiger partial charge in [-0.15, -0.1) is 11.6 Å². The Balaban J connectivity index is 1.64. The molecule has 0 spiro atoms. The van der Waals surface area contributed by atoms with E-state index >= 15 is 0 Å². The third-order valence-corrected chi connectivity index (χ3v) is 6.01. The predicted molar refractivity (Wildman–Crippen MR) is 179 cm³/mol. The van der Waals surface area contributed by atoms with E-state index in [1.807, 2.05) is 0 Å². The molecule has 0 aromatic heterocycles. The van der Waals surface area contributed by atoms with Gasteiger partial charge in [0.05, 0.1) is 163 Å². The number of rotatable bonds is 40. The number of benzene rings is 1. The zero-order valence-corrected chi connectivity index (χ0v) is 29.4. The fraction of sp³-hybridized carbons (Fsp3) is 0.812. The van der Waals surface area contributed by atoms with Crippen LogP contribution in [-0.4, -0.2) is 176 Å². The van der Waals surface area contributed by atoms with E-state index in [4.69, 9.17) is 73.2 Å². The molecule has 0 aliphatic carbocycles. The molecule has 0 bridgehead atoms. The van der Waals surface area contributed by atoms with Crippen LogP contribution in [-0.2, 0) is 56.8 Å². The van der Waals surface area contributed by atoms with E-state index in [2.05, 4.69) is 0 Å². The van der Waals surface area contributed by atoms with Crippen molar-refractivity contribution in [3.63, 3.8) is 0 Å². The molecule has 0 fully saturated rings. The van der Waals surface area contributed by atoms with Crippen molar-refractivity contribution in [2.24, 2.45) is 0 Å². The lowest BCUT2D eigenvalue weighted by atomic mass is 10.3. The van der Waals surface area contributed by atoms with E-state index in [-0.39, 0.29) is 5.69 Å². The van der Waals surface area contributed by atoms with Crippen LogP contribution in [0.15, 0.2) is 24.3 Å². The summed E-state index contributed by atoms with van der Waals surface area (Å²) in [4.78, 5) is 10.2. The molecular formula is C32H56ClNO15. The van der Waals surface area contributed by atoms with Crippen LogP contribution in [0.25, 0.3) is 0 Å². The molecule has 0 saturated heterocycles. The minimum Gasteiger partial charge on any atom is -0.491 e. The quantitative estimate of drug-likeness (QED) is 0.0419. The molecule has 17 heteroatoms. The summed E-state index contributed by atoms with van der Waals surface area (Å²) in [5.41, 5.74) is 0.0240. The second kappa shape index (κ2) is 37.5. The van der Waals surface area contributed by atoms with Crippen LogP contribution in [0.1, 0.15) is 0 Å². The molecule has 0 saturated carbocycles. The van der Waals surface area contributed by atoms with Crippen molar-refractivity contribution >= 4 is 17.3 Å². The molecule has 0 unspecified atom stereocenters. The Morgan fingerprint density at radius 3 is 0.837 bits per heavy atom. The van der Waals surface area contributed by atoms with Crippen LogP contribution >= 0.6 is 11.6 Å². The van der Waals surface area contributed by atoms with Gasteiger partial charge in [-0.2, -0.15) is 0 Å². The number of non-ortho nitro benzene ring substituents is 1. The van der Waals surface area contributed by atoms with Crippen LogP contribution in [0.2, 0.25) is 0 Å². The molecule has 1 aromatic rings. The average molecular weight is 730 g/mol. The van der Waals surface area contributed by atoms with Gasteiger partial charge in [0, 0.05) is 18.0 Å². The number of hydrogen-bond acceptors (Lipinski definition) is 15. The van der Waals surface area contributed by atoms with E-state index < -0.39 is 4.92 Å². The van der Waals surface area contributed by atoms with E-state index in [0.717, 1.165) is 0 Å². The maximum Gasteiger partial charge on any atom is 0.269 e. The fourth-order valence-corrected chi connectivity index (χ4v) is 3.57. The number of nitrogens with zero attached hydrogens (tertiary/aromatic N) is 1. The SMILES string of the molecule is O=[N+]([O-])c1ccc(OCCOCCOCCOCCOCCOCCOCCOCCOCCOCCOCCOCCOCCCl)cc1. The molecular weight excluding hydrogens is 674 g/mol. The summed E-state index contributed by atoms with van der Waals surface area (Å²) < 4.78 is 70.6. The van der Waals surface area contributed by atoms with Gasteiger partial charge in [0.15, 0.2) is 0 Å². The number of nitro groups is 1. The van der Waals surface area contributed by atoms with Crippen LogP contribution in [0.5, 0.6) is 5.75 Å². The normalized spacial score (nSPS) is 11.4. The first-order valence-corrected chi connectivity index (χ1v) is 17.1. The highest BCUT2D eigenvalue weighted by atomic mass is 35.5. The Kier molecular flexibility index (Phi) is 34.6. The summed E-state index contributed by atoms with van der Waals surface area (Å²) >= 11 is 5.51. The van der Waals surface area contributed by atoms with Crippen molar-refractivity contribution in [3.05, 3.63) is 34.4 Å². The Hall–Kier alpha value is -1.77. The Labute approximate surface area is 294 Å². The largest absolute Gasteiger partial charge is 0.491 e. The van der Waals surface area contributed by atoms with Gasteiger partial charge in [-0.05, 0) is 12.1 Å². The maximum absolute atomic E-state index is 10.6. The highest BCUT2D eigenvalue weighted by molar-refractivity contribution is 6.17. The van der Waals surface area contributed by atoms with E-state index in [9.17, 15) is 10.1 Å². The number of nitro benzene ring substituents is 1. The van der Waals surface area contributed by atoms with E-state index in [0.29, 0.717) is 177 Å². The standard InChI is InChI=1S/C32H56ClNO15/c33-5-6-37-7-8-38-9-10-39-11-12-40-13-14-41-15-16-42-17-18-43-19-20-44-21-22-45-23-24-46-25-26-47-27-28-48-29-30-49-32-3-1-31(2-4-32)34(35)36/h1-4H,5-30H2. The minimum absolute atomic E-state index is 0.0240. The molecule has 0 aliphatic rings. The Bertz CT molecular complexity index is 828. The summed E-state index contributed by atoms with van der Waals surface area (Å²) in [7, 11) is 0. The number of hydrogen-bond donors (Lipinski definition) is 0. The zero-order chi connectivity index (χ0) is 35.1. The molecule has 0 amide bonds. The molecule has 49 heavy (non-hydrogen) atoms. The van der Waals surface area contributed by atoms with Gasteiger partial charge in [0.2, 0.25) is 0 Å². The van der Waals surface area contributed by atoms with Gasteiger partial charge < -0.3 is 61.6 Å². The first-order chi connectivity index (χ1) is 24.2. The molecule has 0 atom stereocenters. The zero-order valence-electron chi connectivity index (χ0n) is 28.6. The van der Waals surface area contributed by atoms with E-state index in [1.54, 1.807) is 12.1 Å². The van der Waals surface area contributed by atoms with Gasteiger partial charge in [-0.3, -0.25) is 10.1 Å². The lowest BCUT2D eigenvalue weighted by Gasteiger charge is -2.09. The van der Waals surface area contributed by atoms with Crippen molar-refractivity contribution in [2.45, 2.75) is 0 Å². The second-order valence-corrected chi connectivity index (χ2v) is 10.0. The number of alkyl halides is 1. The van der Waals surface area contributed by atoms with E-state index in [1.165, 1.54) is 12.1 Å². The summed E-state index contributed by atoms with van der Waals surface area (Å²) in [6.45, 7) is 12.1. The summed E-state index contributed by atoms with van der Waals surface area (Å²) in [6.07, 6.45) is 0. The first-order valence-electron chi connectivity index (χ1n) is 16.6. The molecule has 1 rings (SSSR count). The Morgan fingerprint density at radius 2 is 0.612 bits per heavy atom. The third-order valence-electron chi connectivity index (χ3n) is 5.86. The Morgan fingerprint density at radius 1 is 0.388 bits per heavy atom. The molecule has 286 valence electrons. The molecule has 16 nitrogen and oxygen atoms in total. The summed E-state index contributed by atoms with van der Waals surface area (Å²) in [5, 5.41) is 10.6. The van der Waals surface area contributed by atoms with Crippen LogP contribution in [0, 0.1) is 10.1 Å². The lowest BCUT2D eigenvalue weighted by molar-refractivity contribution is -0.384. The molecule has 0 N–H and O–H groups in total. The molecule has 0 heterocycles. The highest BCUT2D eigenvalue weighted by Crippen LogP contribution is 2.17. The van der Waals surface area contributed by atoms with Gasteiger partial charge in [0.1, 0.15) is 12.4 Å². The smallest absolute Gasteiger partial charge is 0.269 e. The third kappa shape index (κ3) is 33.2. The van der Waals surface area contributed by atoms with Crippen molar-refractivity contribution < 1.29 is 66.5 Å². The lowest BCUT2D eigenvalue weighted by Crippen LogP contribution is -2.15. The van der Waals surface area contributed by atoms with Crippen LogP contribution < -0.4 is 4.74 Å². The van der Waals surface area contributed by atoms with Crippen molar-refractivity contribution in [2.75, 3.05) is 171 Å². The van der Waals surface area contributed by atoms with Gasteiger partial charge in [-0.25, -0.2) is 0 Å². The topological polar surface area (TPSA) is 163 Å². The van der Waals surface area contributed by atoms with Crippen molar-refractivity contribution in [3.8, 4) is 5.75 Å². The highest BCUT2D eigenvalue weighted by Gasteiger charge is 2.04. The number of ether oxygens (including phenoxy) is 13. The van der Waals surface area contributed by atoms with Crippen molar-refractivity contribution in [1.29, 1.82) is 0 Å². The van der Waals surface area contributed by atoms with Gasteiger partial charge >= 0.3 is 0 Å².